The maximum atomic E-state index is 6.25. The average Bonchev–Trinajstić information content (AvgIpc) is 2.63. The van der Waals surface area contributed by atoms with Crippen molar-refractivity contribution in [1.82, 2.24) is 4.90 Å². The van der Waals surface area contributed by atoms with Crippen molar-refractivity contribution in [3.8, 4) is 0 Å². The standard InChI is InChI=1S/C16H32N2O/c1-13(2)15-6-4-7-16(10-15,12-17)18-8-5-9-19-14(3)11-18/h13-15H,4-12,17H2,1-3H3. The molecule has 19 heavy (non-hydrogen) atoms. The maximum absolute atomic E-state index is 6.25. The summed E-state index contributed by atoms with van der Waals surface area (Å²) in [6, 6.07) is 0. The van der Waals surface area contributed by atoms with Gasteiger partial charge in [-0.15, -0.1) is 0 Å². The number of hydrogen-bond acceptors (Lipinski definition) is 3. The molecule has 0 spiro atoms. The summed E-state index contributed by atoms with van der Waals surface area (Å²) in [7, 11) is 0. The summed E-state index contributed by atoms with van der Waals surface area (Å²) in [6.45, 7) is 10.9. The molecule has 2 N–H and O–H groups in total. The van der Waals surface area contributed by atoms with Crippen LogP contribution in [0.3, 0.4) is 0 Å². The highest BCUT2D eigenvalue weighted by molar-refractivity contribution is 4.98. The Hall–Kier alpha value is -0.120. The fourth-order valence-corrected chi connectivity index (χ4v) is 3.98. The van der Waals surface area contributed by atoms with Crippen molar-refractivity contribution < 1.29 is 4.74 Å². The van der Waals surface area contributed by atoms with E-state index in [1.807, 2.05) is 0 Å². The lowest BCUT2D eigenvalue weighted by molar-refractivity contribution is 0.00332. The molecule has 0 aromatic rings. The number of nitrogens with zero attached hydrogens (tertiary/aromatic N) is 1. The van der Waals surface area contributed by atoms with E-state index in [2.05, 4.69) is 25.7 Å². The first-order valence-corrected chi connectivity index (χ1v) is 8.14. The van der Waals surface area contributed by atoms with Gasteiger partial charge in [0.15, 0.2) is 0 Å². The van der Waals surface area contributed by atoms with E-state index in [-0.39, 0.29) is 5.54 Å². The van der Waals surface area contributed by atoms with Crippen molar-refractivity contribution in [2.45, 2.75) is 64.5 Å². The van der Waals surface area contributed by atoms with Gasteiger partial charge < -0.3 is 10.5 Å². The first kappa shape index (κ1) is 15.3. The van der Waals surface area contributed by atoms with Crippen LogP contribution < -0.4 is 5.73 Å². The van der Waals surface area contributed by atoms with E-state index in [1.54, 1.807) is 0 Å². The zero-order valence-corrected chi connectivity index (χ0v) is 13.0. The van der Waals surface area contributed by atoms with Crippen LogP contribution in [0.15, 0.2) is 0 Å². The second kappa shape index (κ2) is 6.55. The molecule has 0 amide bonds. The van der Waals surface area contributed by atoms with Gasteiger partial charge in [0.1, 0.15) is 0 Å². The molecule has 1 saturated heterocycles. The van der Waals surface area contributed by atoms with Crippen molar-refractivity contribution in [2.24, 2.45) is 17.6 Å². The first-order chi connectivity index (χ1) is 9.07. The molecular formula is C16H32N2O. The van der Waals surface area contributed by atoms with E-state index in [9.17, 15) is 0 Å². The van der Waals surface area contributed by atoms with Gasteiger partial charge >= 0.3 is 0 Å². The Labute approximate surface area is 118 Å². The number of hydrogen-bond donors (Lipinski definition) is 1. The van der Waals surface area contributed by atoms with Gasteiger partial charge in [-0.1, -0.05) is 26.7 Å². The Bertz CT molecular complexity index is 282. The highest BCUT2D eigenvalue weighted by Gasteiger charge is 2.41. The Morgan fingerprint density at radius 3 is 2.84 bits per heavy atom. The Morgan fingerprint density at radius 2 is 2.16 bits per heavy atom. The molecule has 2 aliphatic rings. The Morgan fingerprint density at radius 1 is 1.37 bits per heavy atom. The Balaban J connectivity index is 2.11. The summed E-state index contributed by atoms with van der Waals surface area (Å²) in [5.41, 5.74) is 6.49. The van der Waals surface area contributed by atoms with Gasteiger partial charge in [0.25, 0.3) is 0 Å². The van der Waals surface area contributed by atoms with Gasteiger partial charge in [0.2, 0.25) is 0 Å². The van der Waals surface area contributed by atoms with Gasteiger partial charge in [-0.3, -0.25) is 4.90 Å². The van der Waals surface area contributed by atoms with E-state index >= 15 is 0 Å². The lowest BCUT2D eigenvalue weighted by Crippen LogP contribution is -2.58. The fraction of sp³-hybridized carbons (Fsp3) is 1.00. The quantitative estimate of drug-likeness (QED) is 0.855. The van der Waals surface area contributed by atoms with Crippen LogP contribution in [0.5, 0.6) is 0 Å². The lowest BCUT2D eigenvalue weighted by Gasteiger charge is -2.49. The van der Waals surface area contributed by atoms with Crippen molar-refractivity contribution in [2.75, 3.05) is 26.2 Å². The van der Waals surface area contributed by atoms with Crippen LogP contribution >= 0.6 is 0 Å². The summed E-state index contributed by atoms with van der Waals surface area (Å²) in [4.78, 5) is 2.67. The highest BCUT2D eigenvalue weighted by atomic mass is 16.5. The molecule has 2 rings (SSSR count). The number of rotatable bonds is 3. The molecule has 3 atom stereocenters. The van der Waals surface area contributed by atoms with Crippen molar-refractivity contribution in [3.05, 3.63) is 0 Å². The summed E-state index contributed by atoms with van der Waals surface area (Å²) in [5, 5.41) is 0. The molecule has 0 aromatic carbocycles. The van der Waals surface area contributed by atoms with Gasteiger partial charge in [0.05, 0.1) is 6.10 Å². The van der Waals surface area contributed by atoms with E-state index in [4.69, 9.17) is 10.5 Å². The number of ether oxygens (including phenoxy) is 1. The fourth-order valence-electron chi connectivity index (χ4n) is 3.98. The Kier molecular flexibility index (Phi) is 5.27. The van der Waals surface area contributed by atoms with Gasteiger partial charge in [0, 0.05) is 31.8 Å². The van der Waals surface area contributed by atoms with Crippen molar-refractivity contribution in [3.63, 3.8) is 0 Å². The minimum atomic E-state index is 0.245. The van der Waals surface area contributed by atoms with E-state index in [0.717, 1.165) is 44.5 Å². The van der Waals surface area contributed by atoms with Crippen LogP contribution in [-0.4, -0.2) is 42.8 Å². The molecule has 1 aliphatic carbocycles. The second-order valence-corrected chi connectivity index (χ2v) is 7.01. The topological polar surface area (TPSA) is 38.5 Å². The molecule has 3 nitrogen and oxygen atoms in total. The molecular weight excluding hydrogens is 236 g/mol. The van der Waals surface area contributed by atoms with Crippen molar-refractivity contribution in [1.29, 1.82) is 0 Å². The molecule has 0 aromatic heterocycles. The molecule has 1 aliphatic heterocycles. The highest BCUT2D eigenvalue weighted by Crippen LogP contribution is 2.40. The maximum Gasteiger partial charge on any atom is 0.0674 e. The molecule has 3 heteroatoms. The molecule has 2 fully saturated rings. The summed E-state index contributed by atoms with van der Waals surface area (Å²) in [5.74, 6) is 1.63. The first-order valence-electron chi connectivity index (χ1n) is 8.14. The van der Waals surface area contributed by atoms with Crippen LogP contribution in [0.1, 0.15) is 52.9 Å². The normalized spacial score (nSPS) is 38.4. The third-order valence-corrected chi connectivity index (χ3v) is 5.31. The lowest BCUT2D eigenvalue weighted by atomic mass is 9.70. The summed E-state index contributed by atoms with van der Waals surface area (Å²) in [6.07, 6.45) is 6.79. The zero-order valence-electron chi connectivity index (χ0n) is 13.0. The minimum absolute atomic E-state index is 0.245. The van der Waals surface area contributed by atoms with Gasteiger partial charge in [-0.2, -0.15) is 0 Å². The van der Waals surface area contributed by atoms with Crippen LogP contribution in [0, 0.1) is 11.8 Å². The van der Waals surface area contributed by atoms with Crippen LogP contribution in [0.2, 0.25) is 0 Å². The zero-order chi connectivity index (χ0) is 13.9. The van der Waals surface area contributed by atoms with Crippen LogP contribution in [-0.2, 0) is 4.74 Å². The van der Waals surface area contributed by atoms with Crippen molar-refractivity contribution >= 4 is 0 Å². The third kappa shape index (κ3) is 3.50. The van der Waals surface area contributed by atoms with E-state index < -0.39 is 0 Å². The van der Waals surface area contributed by atoms with Crippen LogP contribution in [0.25, 0.3) is 0 Å². The SMILES string of the molecule is CC1CN(C2(CN)CCCC(C(C)C)C2)CCCO1. The predicted octanol–water partition coefficient (Wildman–Crippen LogP) is 2.64. The summed E-state index contributed by atoms with van der Waals surface area (Å²) >= 11 is 0. The molecule has 112 valence electrons. The monoisotopic (exact) mass is 268 g/mol. The van der Waals surface area contributed by atoms with Gasteiger partial charge in [-0.05, 0) is 38.0 Å². The molecule has 0 bridgehead atoms. The predicted molar refractivity (Wildman–Crippen MR) is 80.2 cm³/mol. The molecule has 1 saturated carbocycles. The molecule has 3 unspecified atom stereocenters. The molecule has 0 radical (unpaired) electrons. The minimum Gasteiger partial charge on any atom is -0.377 e. The van der Waals surface area contributed by atoms with E-state index in [1.165, 1.54) is 25.7 Å². The third-order valence-electron chi connectivity index (χ3n) is 5.31. The van der Waals surface area contributed by atoms with E-state index in [0.29, 0.717) is 6.10 Å². The van der Waals surface area contributed by atoms with Crippen LogP contribution in [0.4, 0.5) is 0 Å². The second-order valence-electron chi connectivity index (χ2n) is 7.01. The summed E-state index contributed by atoms with van der Waals surface area (Å²) < 4.78 is 5.81. The van der Waals surface area contributed by atoms with Gasteiger partial charge in [-0.25, -0.2) is 0 Å². The largest absolute Gasteiger partial charge is 0.377 e. The smallest absolute Gasteiger partial charge is 0.0674 e. The molecule has 1 heterocycles. The number of nitrogens with two attached hydrogens (primary N) is 1. The average molecular weight is 268 g/mol.